The second kappa shape index (κ2) is 5.88. The van der Waals surface area contributed by atoms with Crippen molar-refractivity contribution in [2.45, 2.75) is 25.8 Å². The maximum absolute atomic E-state index is 5.16. The van der Waals surface area contributed by atoms with Crippen molar-refractivity contribution in [3.8, 4) is 0 Å². The van der Waals surface area contributed by atoms with Crippen LogP contribution in [0.2, 0.25) is 0 Å². The van der Waals surface area contributed by atoms with E-state index in [0.29, 0.717) is 0 Å². The number of hydrogen-bond donors (Lipinski definition) is 1. The summed E-state index contributed by atoms with van der Waals surface area (Å²) in [4.78, 5) is 4.20. The monoisotopic (exact) mass is 270 g/mol. The van der Waals surface area contributed by atoms with Crippen LogP contribution in [-0.2, 0) is 6.42 Å². The minimum atomic E-state index is 0.217. The Morgan fingerprint density at radius 3 is 3.15 bits per heavy atom. The van der Waals surface area contributed by atoms with Crippen molar-refractivity contribution < 1.29 is 4.42 Å². The summed E-state index contributed by atoms with van der Waals surface area (Å²) in [6.07, 6.45) is 12.9. The van der Waals surface area contributed by atoms with Crippen LogP contribution >= 0.6 is 0 Å². The van der Waals surface area contributed by atoms with Crippen LogP contribution in [0, 0.1) is 0 Å². The highest BCUT2D eigenvalue weighted by Gasteiger charge is 2.17. The summed E-state index contributed by atoms with van der Waals surface area (Å²) in [6.45, 7) is 3.14. The molecule has 0 amide bonds. The fraction of sp³-hybridized carbons (Fsp3) is 0.333. The van der Waals surface area contributed by atoms with E-state index in [-0.39, 0.29) is 6.04 Å². The lowest BCUT2D eigenvalue weighted by atomic mass is 10.0. The van der Waals surface area contributed by atoms with Crippen molar-refractivity contribution in [1.29, 1.82) is 0 Å². The Morgan fingerprint density at radius 1 is 1.40 bits per heavy atom. The van der Waals surface area contributed by atoms with E-state index in [0.717, 1.165) is 24.9 Å². The van der Waals surface area contributed by atoms with E-state index >= 15 is 0 Å². The summed E-state index contributed by atoms with van der Waals surface area (Å²) < 4.78 is 7.02. The number of nitrogens with zero attached hydrogens (tertiary/aromatic N) is 3. The van der Waals surface area contributed by atoms with Gasteiger partial charge in [0.05, 0.1) is 30.4 Å². The molecule has 1 N–H and O–H groups in total. The average Bonchev–Trinajstić information content (AvgIpc) is 3.12. The first-order valence-electron chi connectivity index (χ1n) is 6.90. The second-order valence-corrected chi connectivity index (χ2v) is 4.85. The molecular weight excluding hydrogens is 252 g/mol. The van der Waals surface area contributed by atoms with Crippen LogP contribution in [0.1, 0.15) is 30.5 Å². The van der Waals surface area contributed by atoms with Gasteiger partial charge in [0.25, 0.3) is 0 Å². The predicted molar refractivity (Wildman–Crippen MR) is 76.4 cm³/mol. The zero-order valence-electron chi connectivity index (χ0n) is 11.5. The van der Waals surface area contributed by atoms with E-state index in [1.165, 1.54) is 11.1 Å². The molecule has 0 spiro atoms. The summed E-state index contributed by atoms with van der Waals surface area (Å²) >= 11 is 0. The van der Waals surface area contributed by atoms with Gasteiger partial charge in [-0.25, -0.2) is 4.52 Å². The molecule has 20 heavy (non-hydrogen) atoms. The molecule has 0 bridgehead atoms. The van der Waals surface area contributed by atoms with Crippen molar-refractivity contribution >= 4 is 5.52 Å². The number of hydrogen-bond acceptors (Lipinski definition) is 4. The zero-order chi connectivity index (χ0) is 13.8. The minimum absolute atomic E-state index is 0.217. The quantitative estimate of drug-likeness (QED) is 0.748. The molecular formula is C15H18N4O. The lowest BCUT2D eigenvalue weighted by Gasteiger charge is -2.16. The van der Waals surface area contributed by atoms with E-state index in [4.69, 9.17) is 4.42 Å². The Hall–Kier alpha value is -2.14. The van der Waals surface area contributed by atoms with Gasteiger partial charge in [0.1, 0.15) is 0 Å². The molecule has 104 valence electrons. The lowest BCUT2D eigenvalue weighted by molar-refractivity contribution is 0.523. The van der Waals surface area contributed by atoms with Gasteiger partial charge in [0.2, 0.25) is 0 Å². The van der Waals surface area contributed by atoms with Crippen LogP contribution in [0.15, 0.2) is 47.8 Å². The first-order chi connectivity index (χ1) is 9.88. The van der Waals surface area contributed by atoms with Gasteiger partial charge in [-0.15, -0.1) is 0 Å². The van der Waals surface area contributed by atoms with Gasteiger partial charge in [0, 0.05) is 24.0 Å². The van der Waals surface area contributed by atoms with E-state index < -0.39 is 0 Å². The fourth-order valence-electron chi connectivity index (χ4n) is 2.38. The molecule has 1 atom stereocenters. The number of furan rings is 1. The molecule has 0 aliphatic rings. The first kappa shape index (κ1) is 12.9. The third kappa shape index (κ3) is 2.58. The Morgan fingerprint density at radius 2 is 2.35 bits per heavy atom. The molecule has 0 aliphatic heterocycles. The number of fused-ring (bicyclic) bond motifs is 1. The van der Waals surface area contributed by atoms with Crippen LogP contribution in [0.5, 0.6) is 0 Å². The highest BCUT2D eigenvalue weighted by Crippen LogP contribution is 2.22. The van der Waals surface area contributed by atoms with Gasteiger partial charge in [-0.1, -0.05) is 6.92 Å². The van der Waals surface area contributed by atoms with Gasteiger partial charge in [-0.3, -0.25) is 4.98 Å². The van der Waals surface area contributed by atoms with E-state index in [1.807, 2.05) is 29.2 Å². The normalized spacial score (nSPS) is 12.8. The molecule has 5 heteroatoms. The summed E-state index contributed by atoms with van der Waals surface area (Å²) in [5, 5.41) is 7.97. The largest absolute Gasteiger partial charge is 0.472 e. The fourth-order valence-corrected chi connectivity index (χ4v) is 2.38. The van der Waals surface area contributed by atoms with Crippen LogP contribution in [0.3, 0.4) is 0 Å². The number of nitrogens with one attached hydrogen (secondary N) is 1. The average molecular weight is 270 g/mol. The molecule has 3 heterocycles. The number of aromatic nitrogens is 3. The molecule has 3 aromatic rings. The molecule has 3 aromatic heterocycles. The minimum Gasteiger partial charge on any atom is -0.472 e. The van der Waals surface area contributed by atoms with Crippen molar-refractivity contribution in [1.82, 2.24) is 19.9 Å². The van der Waals surface area contributed by atoms with Gasteiger partial charge in [-0.05, 0) is 31.0 Å². The van der Waals surface area contributed by atoms with E-state index in [1.54, 1.807) is 18.7 Å². The topological polar surface area (TPSA) is 55.4 Å². The predicted octanol–water partition coefficient (Wildman–Crippen LogP) is 2.61. The van der Waals surface area contributed by atoms with Crippen molar-refractivity contribution in [2.24, 2.45) is 0 Å². The molecule has 0 aliphatic carbocycles. The third-order valence-electron chi connectivity index (χ3n) is 3.39. The summed E-state index contributed by atoms with van der Waals surface area (Å²) in [5.41, 5.74) is 3.40. The Labute approximate surface area is 117 Å². The molecule has 0 radical (unpaired) electrons. The molecule has 1 unspecified atom stereocenters. The zero-order valence-corrected chi connectivity index (χ0v) is 11.5. The van der Waals surface area contributed by atoms with E-state index in [9.17, 15) is 0 Å². The van der Waals surface area contributed by atoms with Gasteiger partial charge in [0.15, 0.2) is 0 Å². The smallest absolute Gasteiger partial charge is 0.0935 e. The maximum Gasteiger partial charge on any atom is 0.0935 e. The molecule has 3 rings (SSSR count). The van der Waals surface area contributed by atoms with Gasteiger partial charge >= 0.3 is 0 Å². The first-order valence-corrected chi connectivity index (χ1v) is 6.90. The van der Waals surface area contributed by atoms with Gasteiger partial charge in [-0.2, -0.15) is 5.10 Å². The summed E-state index contributed by atoms with van der Waals surface area (Å²) in [6, 6.07) is 2.22. The SMILES string of the molecule is CCCNC(Cc1ccoc1)c1cnn2ccncc12. The van der Waals surface area contributed by atoms with Crippen molar-refractivity contribution in [3.63, 3.8) is 0 Å². The molecule has 0 saturated carbocycles. The lowest BCUT2D eigenvalue weighted by Crippen LogP contribution is -2.23. The van der Waals surface area contributed by atoms with Crippen molar-refractivity contribution in [3.05, 3.63) is 54.5 Å². The third-order valence-corrected chi connectivity index (χ3v) is 3.39. The molecule has 5 nitrogen and oxygen atoms in total. The molecule has 0 aromatic carbocycles. The standard InChI is InChI=1S/C15H18N4O/c1-2-4-17-14(8-12-3-7-20-11-12)13-9-18-19-6-5-16-10-15(13)19/h3,5-7,9-11,14,17H,2,4,8H2,1H3. The summed E-state index contributed by atoms with van der Waals surface area (Å²) in [5.74, 6) is 0. The summed E-state index contributed by atoms with van der Waals surface area (Å²) in [7, 11) is 0. The van der Waals surface area contributed by atoms with Gasteiger partial charge < -0.3 is 9.73 Å². The van der Waals surface area contributed by atoms with Crippen LogP contribution in [-0.4, -0.2) is 21.1 Å². The van der Waals surface area contributed by atoms with Crippen LogP contribution < -0.4 is 5.32 Å². The highest BCUT2D eigenvalue weighted by molar-refractivity contribution is 5.53. The Kier molecular flexibility index (Phi) is 3.78. The molecule has 0 saturated heterocycles. The Balaban J connectivity index is 1.91. The number of rotatable bonds is 6. The Bertz CT molecular complexity index is 659. The van der Waals surface area contributed by atoms with E-state index in [2.05, 4.69) is 22.3 Å². The second-order valence-electron chi connectivity index (χ2n) is 4.85. The molecule has 0 fully saturated rings. The van der Waals surface area contributed by atoms with Crippen LogP contribution in [0.25, 0.3) is 5.52 Å². The van der Waals surface area contributed by atoms with Crippen molar-refractivity contribution in [2.75, 3.05) is 6.54 Å². The highest BCUT2D eigenvalue weighted by atomic mass is 16.3. The maximum atomic E-state index is 5.16. The van der Waals surface area contributed by atoms with Crippen LogP contribution in [0.4, 0.5) is 0 Å².